The third-order valence-corrected chi connectivity index (χ3v) is 15.8. The molecule has 316 valence electrons. The number of allylic oxidation sites excluding steroid dienone is 4. The number of fused-ring (bicyclic) bond motifs is 8. The zero-order chi connectivity index (χ0) is 44.5. The van der Waals surface area contributed by atoms with Gasteiger partial charge in [-0.2, -0.15) is 0 Å². The van der Waals surface area contributed by atoms with Gasteiger partial charge in [0, 0.05) is 27.3 Å². The molecule has 0 radical (unpaired) electrons. The number of aryl methyl sites for hydroxylation is 2. The van der Waals surface area contributed by atoms with Gasteiger partial charge in [0.15, 0.2) is 0 Å². The van der Waals surface area contributed by atoms with Crippen molar-refractivity contribution in [2.45, 2.75) is 79.1 Å². The van der Waals surface area contributed by atoms with Crippen molar-refractivity contribution < 1.29 is 0 Å². The first kappa shape index (κ1) is 39.6. The smallest absolute Gasteiger partial charge is 0.0544 e. The van der Waals surface area contributed by atoms with Gasteiger partial charge in [-0.05, 0) is 195 Å². The van der Waals surface area contributed by atoms with Crippen molar-refractivity contribution in [2.75, 3.05) is 0 Å². The SMILES string of the molecule is Cc1ccc(-c2cccc(-c3cccc(-c4ccc5c(c4)c4cc6c(cc4n5-c4ccccc4)C(C)(C)C4=C6C=CCC4)c3C)c2C)cc1-c1cc2c(cc1C)C(C)(C)c1ccccc1-2. The van der Waals surface area contributed by atoms with Crippen LogP contribution in [-0.2, 0) is 10.8 Å². The molecule has 0 spiro atoms. The average Bonchev–Trinajstić information content (AvgIpc) is 3.84. The molecule has 12 rings (SSSR count). The lowest BCUT2D eigenvalue weighted by atomic mass is 9.78. The summed E-state index contributed by atoms with van der Waals surface area (Å²) < 4.78 is 2.48. The molecule has 65 heavy (non-hydrogen) atoms. The van der Waals surface area contributed by atoms with E-state index in [9.17, 15) is 0 Å². The number of nitrogens with zero attached hydrogens (tertiary/aromatic N) is 1. The minimum Gasteiger partial charge on any atom is -0.309 e. The molecule has 0 saturated heterocycles. The molecule has 0 N–H and O–H groups in total. The molecule has 0 unspecified atom stereocenters. The van der Waals surface area contributed by atoms with Crippen LogP contribution in [0.2, 0.25) is 0 Å². The Bertz CT molecular complexity index is 3560. The number of aromatic nitrogens is 1. The summed E-state index contributed by atoms with van der Waals surface area (Å²) in [7, 11) is 0. The molecule has 0 saturated carbocycles. The van der Waals surface area contributed by atoms with E-state index in [1.54, 1.807) is 5.57 Å². The monoisotopic (exact) mass is 837 g/mol. The maximum atomic E-state index is 2.51. The first-order chi connectivity index (χ1) is 31.4. The molecule has 1 nitrogen and oxygen atoms in total. The lowest BCUT2D eigenvalue weighted by Crippen LogP contribution is -2.17. The molecule has 0 aliphatic heterocycles. The molecular weight excluding hydrogens is 783 g/mol. The second kappa shape index (κ2) is 14.3. The van der Waals surface area contributed by atoms with Crippen LogP contribution in [0.15, 0.2) is 169 Å². The number of rotatable bonds is 5. The van der Waals surface area contributed by atoms with Crippen LogP contribution in [0.5, 0.6) is 0 Å². The number of hydrogen-bond donors (Lipinski definition) is 0. The topological polar surface area (TPSA) is 4.93 Å². The Kier molecular flexibility index (Phi) is 8.70. The van der Waals surface area contributed by atoms with E-state index in [1.165, 1.54) is 133 Å². The lowest BCUT2D eigenvalue weighted by Gasteiger charge is -2.25. The summed E-state index contributed by atoms with van der Waals surface area (Å²) in [6.07, 6.45) is 7.01. The number of hydrogen-bond acceptors (Lipinski definition) is 0. The maximum absolute atomic E-state index is 2.51. The largest absolute Gasteiger partial charge is 0.309 e. The fraction of sp³-hybridized carbons (Fsp3) is 0.188. The van der Waals surface area contributed by atoms with E-state index in [-0.39, 0.29) is 10.8 Å². The van der Waals surface area contributed by atoms with Crippen LogP contribution in [0.3, 0.4) is 0 Å². The van der Waals surface area contributed by atoms with Crippen LogP contribution >= 0.6 is 0 Å². The first-order valence-corrected chi connectivity index (χ1v) is 23.6. The lowest BCUT2D eigenvalue weighted by molar-refractivity contribution is 0.608. The number of para-hydroxylation sites is 1. The van der Waals surface area contributed by atoms with Gasteiger partial charge in [-0.3, -0.25) is 0 Å². The molecule has 0 atom stereocenters. The fourth-order valence-corrected chi connectivity index (χ4v) is 12.3. The Balaban J connectivity index is 0.963. The van der Waals surface area contributed by atoms with Crippen molar-refractivity contribution >= 4 is 27.4 Å². The van der Waals surface area contributed by atoms with Crippen molar-refractivity contribution in [2.24, 2.45) is 0 Å². The van der Waals surface area contributed by atoms with Gasteiger partial charge in [-0.1, -0.05) is 149 Å². The van der Waals surface area contributed by atoms with Crippen LogP contribution in [0.1, 0.15) is 85.0 Å². The van der Waals surface area contributed by atoms with Crippen LogP contribution in [0, 0.1) is 27.7 Å². The van der Waals surface area contributed by atoms with Gasteiger partial charge in [0.25, 0.3) is 0 Å². The normalized spacial score (nSPS) is 15.4. The van der Waals surface area contributed by atoms with E-state index in [0.717, 1.165) is 12.8 Å². The molecule has 0 amide bonds. The molecule has 1 heteroatoms. The zero-order valence-electron chi connectivity index (χ0n) is 38.9. The van der Waals surface area contributed by atoms with Crippen LogP contribution in [-0.4, -0.2) is 4.57 Å². The highest BCUT2D eigenvalue weighted by Crippen LogP contribution is 2.53. The Hall–Kier alpha value is -6.96. The maximum Gasteiger partial charge on any atom is 0.0544 e. The first-order valence-electron chi connectivity index (χ1n) is 23.6. The highest BCUT2D eigenvalue weighted by Gasteiger charge is 2.39. The molecule has 0 fully saturated rings. The fourth-order valence-electron chi connectivity index (χ4n) is 12.3. The molecule has 1 aromatic heterocycles. The van der Waals surface area contributed by atoms with E-state index in [2.05, 4.69) is 224 Å². The van der Waals surface area contributed by atoms with E-state index in [0.29, 0.717) is 0 Å². The molecular formula is C64H55N. The molecule has 1 heterocycles. The Labute approximate surface area is 384 Å². The van der Waals surface area contributed by atoms with Gasteiger partial charge in [-0.15, -0.1) is 0 Å². The Morgan fingerprint density at radius 2 is 1.03 bits per heavy atom. The Morgan fingerprint density at radius 3 is 1.78 bits per heavy atom. The third kappa shape index (κ3) is 5.77. The summed E-state index contributed by atoms with van der Waals surface area (Å²) in [6, 6.07) is 57.8. The van der Waals surface area contributed by atoms with E-state index < -0.39 is 0 Å². The summed E-state index contributed by atoms with van der Waals surface area (Å²) in [5.41, 5.74) is 30.6. The van der Waals surface area contributed by atoms with Crippen molar-refractivity contribution in [3.8, 4) is 61.3 Å². The van der Waals surface area contributed by atoms with E-state index in [1.807, 2.05) is 0 Å². The highest BCUT2D eigenvalue weighted by molar-refractivity contribution is 6.12. The van der Waals surface area contributed by atoms with Gasteiger partial charge in [-0.25, -0.2) is 0 Å². The third-order valence-electron chi connectivity index (χ3n) is 15.8. The van der Waals surface area contributed by atoms with E-state index >= 15 is 0 Å². The standard InChI is InChI=1S/C64H55N/c1-38-28-29-42(33-51(38)52-35-53-49-20-12-14-26-57(49)63(5,6)59(53)32-39(52)2)45-22-16-24-47(40(45)3)48-25-17-23-46(41(48)4)43-30-31-61-55(34-43)56-36-54-50-21-13-15-27-58(50)64(7,8)60(54)37-62(56)65(61)44-18-10-9-11-19-44/h9-14,16-26,28-37H,15,27H2,1-8H3. The molecule has 3 aliphatic rings. The molecule has 3 aliphatic carbocycles. The minimum absolute atomic E-state index is 0.00754. The van der Waals surface area contributed by atoms with Gasteiger partial charge < -0.3 is 4.57 Å². The van der Waals surface area contributed by atoms with Crippen molar-refractivity contribution in [1.29, 1.82) is 0 Å². The molecule has 0 bridgehead atoms. The summed E-state index contributed by atoms with van der Waals surface area (Å²) in [5, 5.41) is 2.60. The van der Waals surface area contributed by atoms with Gasteiger partial charge >= 0.3 is 0 Å². The summed E-state index contributed by atoms with van der Waals surface area (Å²) in [5.74, 6) is 0. The van der Waals surface area contributed by atoms with Crippen LogP contribution < -0.4 is 0 Å². The quantitative estimate of drug-likeness (QED) is 0.163. The van der Waals surface area contributed by atoms with Gasteiger partial charge in [0.05, 0.1) is 11.0 Å². The predicted molar refractivity (Wildman–Crippen MR) is 277 cm³/mol. The average molecular weight is 838 g/mol. The zero-order valence-corrected chi connectivity index (χ0v) is 38.9. The molecule has 9 aromatic rings. The van der Waals surface area contributed by atoms with Gasteiger partial charge in [0.1, 0.15) is 0 Å². The predicted octanol–water partition coefficient (Wildman–Crippen LogP) is 17.4. The number of benzene rings is 8. The Morgan fingerprint density at radius 1 is 0.415 bits per heavy atom. The van der Waals surface area contributed by atoms with Crippen molar-refractivity contribution in [1.82, 2.24) is 4.57 Å². The van der Waals surface area contributed by atoms with E-state index in [4.69, 9.17) is 0 Å². The second-order valence-corrected chi connectivity index (χ2v) is 20.1. The van der Waals surface area contributed by atoms with Crippen LogP contribution in [0.25, 0.3) is 88.7 Å². The van der Waals surface area contributed by atoms with Gasteiger partial charge in [0.2, 0.25) is 0 Å². The second-order valence-electron chi connectivity index (χ2n) is 20.1. The summed E-state index contributed by atoms with van der Waals surface area (Å²) in [4.78, 5) is 0. The summed E-state index contributed by atoms with van der Waals surface area (Å²) >= 11 is 0. The van der Waals surface area contributed by atoms with Crippen LogP contribution in [0.4, 0.5) is 0 Å². The summed E-state index contributed by atoms with van der Waals surface area (Å²) in [6.45, 7) is 18.7. The minimum atomic E-state index is -0.0123. The molecule has 8 aromatic carbocycles. The van der Waals surface area contributed by atoms with Crippen molar-refractivity contribution in [3.05, 3.63) is 214 Å². The highest BCUT2D eigenvalue weighted by atomic mass is 15.0. The van der Waals surface area contributed by atoms with Crippen molar-refractivity contribution in [3.63, 3.8) is 0 Å².